The minimum absolute atomic E-state index is 0.377. The molecule has 1 aliphatic rings. The lowest BCUT2D eigenvalue weighted by Gasteiger charge is -2.31. The Morgan fingerprint density at radius 2 is 2.00 bits per heavy atom. The molecule has 1 saturated heterocycles. The van der Waals surface area contributed by atoms with E-state index in [2.05, 4.69) is 43.4 Å². The summed E-state index contributed by atoms with van der Waals surface area (Å²) in [5.41, 5.74) is 1.21. The largest absolute Gasteiger partial charge is 0.306 e. The van der Waals surface area contributed by atoms with Gasteiger partial charge in [-0.3, -0.25) is 0 Å². The smallest absolute Gasteiger partial charge is 0.0954 e. The Morgan fingerprint density at radius 1 is 1.33 bits per heavy atom. The van der Waals surface area contributed by atoms with Gasteiger partial charge in [0.2, 0.25) is 0 Å². The Labute approximate surface area is 115 Å². The quantitative estimate of drug-likeness (QED) is 0.909. The third-order valence-electron chi connectivity index (χ3n) is 3.68. The van der Waals surface area contributed by atoms with Crippen LogP contribution in [0.2, 0.25) is 0 Å². The number of hydrogen-bond donors (Lipinski definition) is 1. The minimum atomic E-state index is 0.377. The Bertz CT molecular complexity index is 367. The van der Waals surface area contributed by atoms with Gasteiger partial charge in [-0.2, -0.15) is 0 Å². The number of nitrogens with one attached hydrogen (secondary N) is 1. The second kappa shape index (κ2) is 6.13. The van der Waals surface area contributed by atoms with Crippen molar-refractivity contribution in [3.8, 4) is 0 Å². The number of likely N-dealkylation sites (tertiary alicyclic amines) is 1. The topological polar surface area (TPSA) is 28.2 Å². The maximum atomic E-state index is 4.74. The van der Waals surface area contributed by atoms with E-state index < -0.39 is 0 Å². The van der Waals surface area contributed by atoms with Crippen molar-refractivity contribution in [2.24, 2.45) is 0 Å². The van der Waals surface area contributed by atoms with Gasteiger partial charge >= 0.3 is 0 Å². The summed E-state index contributed by atoms with van der Waals surface area (Å²) in [7, 11) is 2.20. The summed E-state index contributed by atoms with van der Waals surface area (Å²) in [5.74, 6) is 0.541. The monoisotopic (exact) mass is 267 g/mol. The molecule has 1 aromatic rings. The molecular formula is C14H25N3S. The van der Waals surface area contributed by atoms with E-state index in [1.54, 1.807) is 11.3 Å². The normalized spacial score (nSPS) is 20.5. The van der Waals surface area contributed by atoms with Gasteiger partial charge in [-0.25, -0.2) is 4.98 Å². The van der Waals surface area contributed by atoms with E-state index in [0.29, 0.717) is 18.0 Å². The van der Waals surface area contributed by atoms with Crippen LogP contribution in [0.15, 0.2) is 5.38 Å². The van der Waals surface area contributed by atoms with Gasteiger partial charge in [-0.15, -0.1) is 11.3 Å². The van der Waals surface area contributed by atoms with Crippen LogP contribution in [-0.2, 0) is 0 Å². The van der Waals surface area contributed by atoms with E-state index in [1.165, 1.54) is 36.6 Å². The first kappa shape index (κ1) is 14.0. The Kier molecular flexibility index (Phi) is 4.76. The summed E-state index contributed by atoms with van der Waals surface area (Å²) in [4.78, 5) is 7.14. The van der Waals surface area contributed by atoms with Crippen LogP contribution in [0.1, 0.15) is 56.3 Å². The standard InChI is InChI=1S/C14H25N3S/c1-10(2)14-16-13(9-18-14)11(3)15-12-5-7-17(4)8-6-12/h9-12,15H,5-8H2,1-4H3. The molecule has 2 rings (SSSR count). The fourth-order valence-electron chi connectivity index (χ4n) is 2.38. The van der Waals surface area contributed by atoms with Crippen molar-refractivity contribution in [2.45, 2.75) is 51.6 Å². The molecular weight excluding hydrogens is 242 g/mol. The van der Waals surface area contributed by atoms with Crippen LogP contribution in [0, 0.1) is 0 Å². The molecule has 102 valence electrons. The molecule has 0 bridgehead atoms. The van der Waals surface area contributed by atoms with Crippen molar-refractivity contribution < 1.29 is 0 Å². The fraction of sp³-hybridized carbons (Fsp3) is 0.786. The molecule has 4 heteroatoms. The predicted molar refractivity (Wildman–Crippen MR) is 78.3 cm³/mol. The summed E-state index contributed by atoms with van der Waals surface area (Å²) >= 11 is 1.79. The van der Waals surface area contributed by atoms with E-state index in [0.717, 1.165) is 0 Å². The lowest BCUT2D eigenvalue weighted by molar-refractivity contribution is 0.226. The van der Waals surface area contributed by atoms with E-state index in [-0.39, 0.29) is 0 Å². The van der Waals surface area contributed by atoms with E-state index in [4.69, 9.17) is 4.98 Å². The summed E-state index contributed by atoms with van der Waals surface area (Å²) < 4.78 is 0. The molecule has 1 fully saturated rings. The Morgan fingerprint density at radius 3 is 2.56 bits per heavy atom. The number of thiazole rings is 1. The average molecular weight is 267 g/mol. The second-order valence-corrected chi connectivity index (χ2v) is 6.62. The molecule has 18 heavy (non-hydrogen) atoms. The molecule has 0 radical (unpaired) electrons. The van der Waals surface area contributed by atoms with Crippen molar-refractivity contribution in [2.75, 3.05) is 20.1 Å². The van der Waals surface area contributed by atoms with E-state index in [9.17, 15) is 0 Å². The van der Waals surface area contributed by atoms with Crippen LogP contribution in [0.25, 0.3) is 0 Å². The highest BCUT2D eigenvalue weighted by atomic mass is 32.1. The molecule has 1 aromatic heterocycles. The molecule has 0 amide bonds. The van der Waals surface area contributed by atoms with Crippen molar-refractivity contribution >= 4 is 11.3 Å². The molecule has 1 aliphatic heterocycles. The van der Waals surface area contributed by atoms with Crippen molar-refractivity contribution in [3.63, 3.8) is 0 Å². The van der Waals surface area contributed by atoms with Crippen LogP contribution in [0.5, 0.6) is 0 Å². The summed E-state index contributed by atoms with van der Waals surface area (Å²) in [6.07, 6.45) is 2.50. The minimum Gasteiger partial charge on any atom is -0.306 e. The van der Waals surface area contributed by atoms with Crippen molar-refractivity contribution in [1.29, 1.82) is 0 Å². The van der Waals surface area contributed by atoms with Crippen LogP contribution in [0.4, 0.5) is 0 Å². The maximum Gasteiger partial charge on any atom is 0.0954 e. The fourth-order valence-corrected chi connectivity index (χ4v) is 3.31. The van der Waals surface area contributed by atoms with Gasteiger partial charge < -0.3 is 10.2 Å². The molecule has 0 aliphatic carbocycles. The summed E-state index contributed by atoms with van der Waals surface area (Å²) in [6, 6.07) is 1.03. The first-order chi connectivity index (χ1) is 8.56. The highest BCUT2D eigenvalue weighted by Gasteiger charge is 2.20. The molecule has 2 heterocycles. The van der Waals surface area contributed by atoms with Crippen LogP contribution < -0.4 is 5.32 Å². The van der Waals surface area contributed by atoms with Crippen LogP contribution in [0.3, 0.4) is 0 Å². The van der Waals surface area contributed by atoms with Crippen LogP contribution in [-0.4, -0.2) is 36.1 Å². The first-order valence-electron chi connectivity index (χ1n) is 6.96. The highest BCUT2D eigenvalue weighted by Crippen LogP contribution is 2.23. The molecule has 0 spiro atoms. The van der Waals surface area contributed by atoms with Gasteiger partial charge in [0, 0.05) is 23.4 Å². The Hall–Kier alpha value is -0.450. The number of rotatable bonds is 4. The van der Waals surface area contributed by atoms with Crippen molar-refractivity contribution in [1.82, 2.24) is 15.2 Å². The molecule has 0 aromatic carbocycles. The summed E-state index contributed by atoms with van der Waals surface area (Å²) in [5, 5.41) is 7.19. The third-order valence-corrected chi connectivity index (χ3v) is 4.85. The zero-order chi connectivity index (χ0) is 13.1. The third kappa shape index (κ3) is 3.53. The zero-order valence-electron chi connectivity index (χ0n) is 11.9. The van der Waals surface area contributed by atoms with Gasteiger partial charge in [0.25, 0.3) is 0 Å². The zero-order valence-corrected chi connectivity index (χ0v) is 12.8. The van der Waals surface area contributed by atoms with Gasteiger partial charge in [0.1, 0.15) is 0 Å². The number of piperidine rings is 1. The predicted octanol–water partition coefficient (Wildman–Crippen LogP) is 3.01. The molecule has 1 atom stereocenters. The second-order valence-electron chi connectivity index (χ2n) is 5.73. The Balaban J connectivity index is 1.88. The van der Waals surface area contributed by atoms with Gasteiger partial charge in [-0.1, -0.05) is 13.8 Å². The maximum absolute atomic E-state index is 4.74. The SMILES string of the molecule is CC(C)c1nc(C(C)NC2CCN(C)CC2)cs1. The van der Waals surface area contributed by atoms with Gasteiger partial charge in [-0.05, 0) is 39.9 Å². The molecule has 0 saturated carbocycles. The highest BCUT2D eigenvalue weighted by molar-refractivity contribution is 7.09. The summed E-state index contributed by atoms with van der Waals surface area (Å²) in [6.45, 7) is 9.06. The first-order valence-corrected chi connectivity index (χ1v) is 7.84. The molecule has 1 unspecified atom stereocenters. The molecule has 1 N–H and O–H groups in total. The number of hydrogen-bond acceptors (Lipinski definition) is 4. The number of aromatic nitrogens is 1. The molecule has 3 nitrogen and oxygen atoms in total. The van der Waals surface area contributed by atoms with E-state index in [1.807, 2.05) is 0 Å². The van der Waals surface area contributed by atoms with Crippen LogP contribution >= 0.6 is 11.3 Å². The lowest BCUT2D eigenvalue weighted by atomic mass is 10.0. The van der Waals surface area contributed by atoms with Crippen molar-refractivity contribution in [3.05, 3.63) is 16.1 Å². The van der Waals surface area contributed by atoms with E-state index >= 15 is 0 Å². The number of nitrogens with zero attached hydrogens (tertiary/aromatic N) is 2. The van der Waals surface area contributed by atoms with Gasteiger partial charge in [0.15, 0.2) is 0 Å². The van der Waals surface area contributed by atoms with Gasteiger partial charge in [0.05, 0.1) is 10.7 Å². The average Bonchev–Trinajstić information content (AvgIpc) is 2.81. The lowest BCUT2D eigenvalue weighted by Crippen LogP contribution is -2.41.